The Morgan fingerprint density at radius 2 is 2.00 bits per heavy atom. The molecule has 0 aromatic carbocycles. The second-order valence-corrected chi connectivity index (χ2v) is 5.07. The van der Waals surface area contributed by atoms with E-state index >= 15 is 0 Å². The Balaban J connectivity index is 2.84. The number of carbonyl (C=O) groups excluding carboxylic acids is 1. The summed E-state index contributed by atoms with van der Waals surface area (Å²) in [7, 11) is 3.33. The monoisotopic (exact) mass is 242 g/mol. The van der Waals surface area contributed by atoms with Crippen molar-refractivity contribution in [2.45, 2.75) is 38.1 Å². The predicted molar refractivity (Wildman–Crippen MR) is 66.0 cm³/mol. The molecule has 6 heteroatoms. The molecule has 4 N–H and O–H groups in total. The van der Waals surface area contributed by atoms with Crippen molar-refractivity contribution in [1.82, 2.24) is 10.2 Å². The first kappa shape index (κ1) is 13.6. The minimum atomic E-state index is -0.692. The van der Waals surface area contributed by atoms with Crippen LogP contribution in [0.5, 0.6) is 0 Å². The van der Waals surface area contributed by atoms with Crippen LogP contribution >= 0.6 is 0 Å². The van der Waals surface area contributed by atoms with Gasteiger partial charge < -0.3 is 21.2 Å². The van der Waals surface area contributed by atoms with Gasteiger partial charge in [-0.3, -0.25) is 0 Å². The van der Waals surface area contributed by atoms with E-state index in [1.807, 2.05) is 0 Å². The number of rotatable bonds is 2. The third-order valence-corrected chi connectivity index (χ3v) is 3.48. The second-order valence-electron chi connectivity index (χ2n) is 5.07. The van der Waals surface area contributed by atoms with E-state index in [0.717, 1.165) is 12.8 Å². The highest BCUT2D eigenvalue weighted by Crippen LogP contribution is 2.32. The molecular formula is C11H22N4O2. The van der Waals surface area contributed by atoms with Gasteiger partial charge in [-0.15, -0.1) is 0 Å². The molecule has 1 fully saturated rings. The van der Waals surface area contributed by atoms with Crippen LogP contribution in [0.1, 0.15) is 32.6 Å². The lowest BCUT2D eigenvalue weighted by molar-refractivity contribution is 0.192. The maximum Gasteiger partial charge on any atom is 0.317 e. The number of nitrogens with zero attached hydrogens (tertiary/aromatic N) is 2. The highest BCUT2D eigenvalue weighted by atomic mass is 16.4. The van der Waals surface area contributed by atoms with Gasteiger partial charge in [0.15, 0.2) is 5.84 Å². The molecule has 17 heavy (non-hydrogen) atoms. The molecule has 0 aromatic heterocycles. The highest BCUT2D eigenvalue weighted by Gasteiger charge is 2.40. The van der Waals surface area contributed by atoms with Gasteiger partial charge in [0, 0.05) is 14.1 Å². The number of hydrogen-bond donors (Lipinski definition) is 3. The molecule has 0 spiro atoms. The standard InChI is InChI=1S/C11H22N4O2/c1-8-4-6-11(7-5-8,9(12)14-17)13-10(16)15(2)3/h8,17H,4-7H2,1-3H3,(H2,12,14)(H,13,16). The average Bonchev–Trinajstić information content (AvgIpc) is 2.31. The lowest BCUT2D eigenvalue weighted by atomic mass is 9.76. The number of nitrogens with one attached hydrogen (secondary N) is 1. The fourth-order valence-electron chi connectivity index (χ4n) is 2.11. The molecule has 98 valence electrons. The number of urea groups is 1. The maximum absolute atomic E-state index is 11.7. The summed E-state index contributed by atoms with van der Waals surface area (Å²) in [5.41, 5.74) is 5.05. The lowest BCUT2D eigenvalue weighted by Crippen LogP contribution is -2.60. The Bertz CT molecular complexity index is 307. The van der Waals surface area contributed by atoms with Gasteiger partial charge in [0.25, 0.3) is 0 Å². The predicted octanol–water partition coefficient (Wildman–Crippen LogP) is 0.953. The average molecular weight is 242 g/mol. The van der Waals surface area contributed by atoms with E-state index in [9.17, 15) is 4.79 Å². The minimum absolute atomic E-state index is 0.0969. The van der Waals surface area contributed by atoms with Gasteiger partial charge >= 0.3 is 6.03 Å². The van der Waals surface area contributed by atoms with E-state index in [-0.39, 0.29) is 11.9 Å². The van der Waals surface area contributed by atoms with Crippen LogP contribution in [0, 0.1) is 5.92 Å². The van der Waals surface area contributed by atoms with Gasteiger partial charge in [0.2, 0.25) is 0 Å². The van der Waals surface area contributed by atoms with Crippen molar-refractivity contribution in [3.8, 4) is 0 Å². The largest absolute Gasteiger partial charge is 0.409 e. The molecule has 0 bridgehead atoms. The summed E-state index contributed by atoms with van der Waals surface area (Å²) < 4.78 is 0. The van der Waals surface area contributed by atoms with Crippen LogP contribution in [0.2, 0.25) is 0 Å². The molecule has 0 unspecified atom stereocenters. The normalized spacial score (nSPS) is 29.8. The first-order valence-electron chi connectivity index (χ1n) is 5.89. The maximum atomic E-state index is 11.7. The molecule has 1 saturated carbocycles. The number of nitrogens with two attached hydrogens (primary N) is 1. The van der Waals surface area contributed by atoms with Crippen LogP contribution in [-0.4, -0.2) is 41.6 Å². The van der Waals surface area contributed by atoms with Gasteiger partial charge in [-0.05, 0) is 31.6 Å². The van der Waals surface area contributed by atoms with Crippen LogP contribution in [0.3, 0.4) is 0 Å². The summed E-state index contributed by atoms with van der Waals surface area (Å²) in [5, 5.41) is 14.8. The number of hydrogen-bond acceptors (Lipinski definition) is 3. The molecule has 0 aliphatic heterocycles. The molecule has 6 nitrogen and oxygen atoms in total. The quantitative estimate of drug-likeness (QED) is 0.291. The van der Waals surface area contributed by atoms with Crippen LogP contribution in [0.15, 0.2) is 5.16 Å². The Morgan fingerprint density at radius 3 is 2.41 bits per heavy atom. The van der Waals surface area contributed by atoms with Crippen molar-refractivity contribution < 1.29 is 10.0 Å². The first-order valence-corrected chi connectivity index (χ1v) is 5.89. The molecule has 1 aliphatic rings. The minimum Gasteiger partial charge on any atom is -0.409 e. The van der Waals surface area contributed by atoms with Crippen LogP contribution in [0.4, 0.5) is 4.79 Å². The number of amides is 2. The van der Waals surface area contributed by atoms with E-state index in [0.29, 0.717) is 18.8 Å². The molecule has 0 aromatic rings. The highest BCUT2D eigenvalue weighted by molar-refractivity contribution is 5.93. The second kappa shape index (κ2) is 5.25. The zero-order valence-electron chi connectivity index (χ0n) is 10.7. The van der Waals surface area contributed by atoms with Crippen molar-refractivity contribution in [3.63, 3.8) is 0 Å². The van der Waals surface area contributed by atoms with Crippen LogP contribution in [-0.2, 0) is 0 Å². The van der Waals surface area contributed by atoms with Crippen LogP contribution < -0.4 is 11.1 Å². The summed E-state index contributed by atoms with van der Waals surface area (Å²) >= 11 is 0. The van der Waals surface area contributed by atoms with E-state index in [2.05, 4.69) is 17.4 Å². The van der Waals surface area contributed by atoms with Crippen molar-refractivity contribution in [2.75, 3.05) is 14.1 Å². The summed E-state index contributed by atoms with van der Waals surface area (Å²) in [5.74, 6) is 0.713. The third-order valence-electron chi connectivity index (χ3n) is 3.48. The van der Waals surface area contributed by atoms with Crippen molar-refractivity contribution in [1.29, 1.82) is 0 Å². The fourth-order valence-corrected chi connectivity index (χ4v) is 2.11. The summed E-state index contributed by atoms with van der Waals surface area (Å²) in [4.78, 5) is 13.2. The Kier molecular flexibility index (Phi) is 4.20. The molecule has 2 amide bonds. The van der Waals surface area contributed by atoms with Crippen LogP contribution in [0.25, 0.3) is 0 Å². The SMILES string of the molecule is CC1CCC(NC(=O)N(C)C)(C(N)=NO)CC1. The third kappa shape index (κ3) is 3.01. The van der Waals surface area contributed by atoms with Crippen molar-refractivity contribution in [2.24, 2.45) is 16.8 Å². The molecule has 1 aliphatic carbocycles. The topological polar surface area (TPSA) is 91.0 Å². The number of carbonyl (C=O) groups is 1. The Hall–Kier alpha value is -1.46. The van der Waals surface area contributed by atoms with E-state index in [1.54, 1.807) is 14.1 Å². The van der Waals surface area contributed by atoms with Crippen molar-refractivity contribution in [3.05, 3.63) is 0 Å². The smallest absolute Gasteiger partial charge is 0.317 e. The summed E-state index contributed by atoms with van der Waals surface area (Å²) in [6.45, 7) is 2.17. The molecule has 0 atom stereocenters. The van der Waals surface area contributed by atoms with E-state index in [1.165, 1.54) is 4.90 Å². The van der Waals surface area contributed by atoms with Crippen molar-refractivity contribution >= 4 is 11.9 Å². The van der Waals surface area contributed by atoms with Gasteiger partial charge in [-0.2, -0.15) is 0 Å². The van der Waals surface area contributed by atoms with Gasteiger partial charge in [0.05, 0.1) is 0 Å². The van der Waals surface area contributed by atoms with E-state index in [4.69, 9.17) is 10.9 Å². The van der Waals surface area contributed by atoms with Gasteiger partial charge in [0.1, 0.15) is 5.54 Å². The Morgan fingerprint density at radius 1 is 1.47 bits per heavy atom. The van der Waals surface area contributed by atoms with Gasteiger partial charge in [-0.1, -0.05) is 12.1 Å². The molecule has 0 saturated heterocycles. The fraction of sp³-hybridized carbons (Fsp3) is 0.818. The first-order chi connectivity index (χ1) is 7.91. The zero-order valence-corrected chi connectivity index (χ0v) is 10.7. The zero-order chi connectivity index (χ0) is 13.1. The summed E-state index contributed by atoms with van der Waals surface area (Å²) in [6.07, 6.45) is 3.35. The Labute approximate surface area is 102 Å². The number of amidine groups is 1. The molecular weight excluding hydrogens is 220 g/mol. The van der Waals surface area contributed by atoms with Gasteiger partial charge in [-0.25, -0.2) is 4.79 Å². The molecule has 0 radical (unpaired) electrons. The van der Waals surface area contributed by atoms with E-state index < -0.39 is 5.54 Å². The lowest BCUT2D eigenvalue weighted by Gasteiger charge is -2.39. The molecule has 0 heterocycles. The molecule has 1 rings (SSSR count). The summed E-state index contributed by atoms with van der Waals surface area (Å²) in [6, 6.07) is -0.217. The number of oxime groups is 1.